The molecule has 0 spiro atoms. The van der Waals surface area contributed by atoms with E-state index in [9.17, 15) is 9.18 Å². The molecule has 0 atom stereocenters. The van der Waals surface area contributed by atoms with Gasteiger partial charge in [0.05, 0.1) is 5.56 Å². The Morgan fingerprint density at radius 3 is 2.57 bits per heavy atom. The maximum atomic E-state index is 13.6. The van der Waals surface area contributed by atoms with Crippen LogP contribution in [0.4, 0.5) is 4.39 Å². The summed E-state index contributed by atoms with van der Waals surface area (Å²) in [6.45, 7) is 2.12. The lowest BCUT2D eigenvalue weighted by Crippen LogP contribution is -2.08. The molecule has 0 fully saturated rings. The Kier molecular flexibility index (Phi) is 4.38. The van der Waals surface area contributed by atoms with Crippen LogP contribution in [-0.4, -0.2) is 5.97 Å². The number of fused-ring (bicyclic) bond motifs is 1. The van der Waals surface area contributed by atoms with E-state index in [2.05, 4.69) is 6.92 Å². The van der Waals surface area contributed by atoms with Crippen LogP contribution >= 0.6 is 0 Å². The van der Waals surface area contributed by atoms with Crippen molar-refractivity contribution in [3.8, 4) is 5.75 Å². The Morgan fingerprint density at radius 2 is 1.83 bits per heavy atom. The summed E-state index contributed by atoms with van der Waals surface area (Å²) in [7, 11) is 0. The van der Waals surface area contributed by atoms with Crippen molar-refractivity contribution in [1.29, 1.82) is 0 Å². The average molecular weight is 308 g/mol. The maximum absolute atomic E-state index is 13.6. The molecule has 0 amide bonds. The maximum Gasteiger partial charge on any atom is 0.343 e. The standard InChI is InChI=1S/C20H17FO2/c1-2-4-14-7-9-15(10-8-14)20(22)23-17-11-12-18-16(13-17)5-3-6-19(18)21/h3,5-13H,2,4H2,1H3. The van der Waals surface area contributed by atoms with Crippen LogP contribution in [0.5, 0.6) is 5.75 Å². The largest absolute Gasteiger partial charge is 0.423 e. The molecule has 0 aliphatic rings. The van der Waals surface area contributed by atoms with Crippen molar-refractivity contribution >= 4 is 16.7 Å². The first-order valence-corrected chi connectivity index (χ1v) is 7.67. The van der Waals surface area contributed by atoms with Crippen molar-refractivity contribution < 1.29 is 13.9 Å². The normalized spacial score (nSPS) is 10.7. The Hall–Kier alpha value is -2.68. The van der Waals surface area contributed by atoms with E-state index in [0.29, 0.717) is 22.1 Å². The summed E-state index contributed by atoms with van der Waals surface area (Å²) >= 11 is 0. The molecule has 0 N–H and O–H groups in total. The van der Waals surface area contributed by atoms with E-state index in [1.54, 1.807) is 42.5 Å². The number of carbonyl (C=O) groups is 1. The third kappa shape index (κ3) is 3.39. The quantitative estimate of drug-likeness (QED) is 0.492. The van der Waals surface area contributed by atoms with Crippen molar-refractivity contribution in [3.05, 3.63) is 77.6 Å². The predicted molar refractivity (Wildman–Crippen MR) is 89.3 cm³/mol. The van der Waals surface area contributed by atoms with Gasteiger partial charge in [-0.25, -0.2) is 9.18 Å². The summed E-state index contributed by atoms with van der Waals surface area (Å²) < 4.78 is 19.0. The molecule has 3 rings (SSSR count). The Balaban J connectivity index is 1.79. The number of carbonyl (C=O) groups excluding carboxylic acids is 1. The van der Waals surface area contributed by atoms with E-state index in [0.717, 1.165) is 12.8 Å². The molecule has 0 radical (unpaired) electrons. The highest BCUT2D eigenvalue weighted by molar-refractivity contribution is 5.92. The predicted octanol–water partition coefficient (Wildman–Crippen LogP) is 5.15. The minimum absolute atomic E-state index is 0.285. The summed E-state index contributed by atoms with van der Waals surface area (Å²) in [5.74, 6) is -0.290. The molecule has 0 saturated carbocycles. The van der Waals surface area contributed by atoms with Gasteiger partial charge < -0.3 is 4.74 Å². The van der Waals surface area contributed by atoms with Gasteiger partial charge in [-0.3, -0.25) is 0 Å². The van der Waals surface area contributed by atoms with Crippen LogP contribution in [0.1, 0.15) is 29.3 Å². The number of benzene rings is 3. The first kappa shape index (κ1) is 15.2. The van der Waals surface area contributed by atoms with Gasteiger partial charge in [-0.15, -0.1) is 0 Å². The summed E-state index contributed by atoms with van der Waals surface area (Å²) in [6, 6.07) is 17.2. The van der Waals surface area contributed by atoms with Gasteiger partial charge in [0.1, 0.15) is 11.6 Å². The van der Waals surface area contributed by atoms with Crippen LogP contribution < -0.4 is 4.74 Å². The number of rotatable bonds is 4. The third-order valence-electron chi connectivity index (χ3n) is 3.74. The zero-order valence-corrected chi connectivity index (χ0v) is 12.9. The first-order chi connectivity index (χ1) is 11.2. The monoisotopic (exact) mass is 308 g/mol. The highest BCUT2D eigenvalue weighted by atomic mass is 19.1. The van der Waals surface area contributed by atoms with Gasteiger partial charge in [-0.1, -0.05) is 37.6 Å². The number of aryl methyl sites for hydroxylation is 1. The summed E-state index contributed by atoms with van der Waals surface area (Å²) in [5.41, 5.74) is 1.70. The molecule has 2 nitrogen and oxygen atoms in total. The summed E-state index contributed by atoms with van der Waals surface area (Å²) in [5, 5.41) is 1.21. The minimum Gasteiger partial charge on any atom is -0.423 e. The fraction of sp³-hybridized carbons (Fsp3) is 0.150. The zero-order valence-electron chi connectivity index (χ0n) is 12.9. The fourth-order valence-corrected chi connectivity index (χ4v) is 2.55. The number of esters is 1. The van der Waals surface area contributed by atoms with Crippen molar-refractivity contribution in [2.75, 3.05) is 0 Å². The van der Waals surface area contributed by atoms with Crippen molar-refractivity contribution in [3.63, 3.8) is 0 Å². The molecular formula is C20H17FO2. The van der Waals surface area contributed by atoms with Gasteiger partial charge in [-0.05, 0) is 53.8 Å². The smallest absolute Gasteiger partial charge is 0.343 e. The van der Waals surface area contributed by atoms with Crippen molar-refractivity contribution in [1.82, 2.24) is 0 Å². The molecule has 0 aliphatic carbocycles. The van der Waals surface area contributed by atoms with Gasteiger partial charge in [0.2, 0.25) is 0 Å². The van der Waals surface area contributed by atoms with Gasteiger partial charge in [0.15, 0.2) is 0 Å². The van der Waals surface area contributed by atoms with E-state index >= 15 is 0 Å². The van der Waals surface area contributed by atoms with Gasteiger partial charge >= 0.3 is 5.97 Å². The molecule has 0 aliphatic heterocycles. The van der Waals surface area contributed by atoms with Crippen LogP contribution in [0.3, 0.4) is 0 Å². The van der Waals surface area contributed by atoms with Crippen molar-refractivity contribution in [2.45, 2.75) is 19.8 Å². The van der Waals surface area contributed by atoms with E-state index in [1.165, 1.54) is 11.6 Å². The van der Waals surface area contributed by atoms with Crippen LogP contribution in [0.25, 0.3) is 10.8 Å². The molecule has 0 aromatic heterocycles. The van der Waals surface area contributed by atoms with Gasteiger partial charge in [0.25, 0.3) is 0 Å². The second-order valence-electron chi connectivity index (χ2n) is 5.46. The lowest BCUT2D eigenvalue weighted by Gasteiger charge is -2.07. The number of hydrogen-bond donors (Lipinski definition) is 0. The Bertz CT molecular complexity index is 838. The summed E-state index contributed by atoms with van der Waals surface area (Å²) in [4.78, 5) is 12.2. The molecule has 3 aromatic carbocycles. The Labute approximate surface area is 134 Å². The fourth-order valence-electron chi connectivity index (χ4n) is 2.55. The lowest BCUT2D eigenvalue weighted by atomic mass is 10.1. The van der Waals surface area contributed by atoms with Crippen LogP contribution in [-0.2, 0) is 6.42 Å². The molecule has 0 saturated heterocycles. The molecule has 0 bridgehead atoms. The average Bonchev–Trinajstić information content (AvgIpc) is 2.56. The number of halogens is 1. The molecule has 3 heteroatoms. The molecule has 0 heterocycles. The van der Waals surface area contributed by atoms with E-state index < -0.39 is 5.97 Å². The molecular weight excluding hydrogens is 291 g/mol. The Morgan fingerprint density at radius 1 is 1.04 bits per heavy atom. The second-order valence-corrected chi connectivity index (χ2v) is 5.46. The third-order valence-corrected chi connectivity index (χ3v) is 3.74. The van der Waals surface area contributed by atoms with Crippen molar-refractivity contribution in [2.24, 2.45) is 0 Å². The topological polar surface area (TPSA) is 26.3 Å². The van der Waals surface area contributed by atoms with Crippen LogP contribution in [0.15, 0.2) is 60.7 Å². The van der Waals surface area contributed by atoms with Gasteiger partial charge in [0, 0.05) is 5.39 Å². The zero-order chi connectivity index (χ0) is 16.2. The van der Waals surface area contributed by atoms with E-state index in [-0.39, 0.29) is 5.82 Å². The molecule has 0 unspecified atom stereocenters. The number of ether oxygens (including phenoxy) is 1. The first-order valence-electron chi connectivity index (χ1n) is 7.67. The molecule has 3 aromatic rings. The highest BCUT2D eigenvalue weighted by Crippen LogP contribution is 2.23. The summed E-state index contributed by atoms with van der Waals surface area (Å²) in [6.07, 6.45) is 2.06. The highest BCUT2D eigenvalue weighted by Gasteiger charge is 2.09. The minimum atomic E-state index is -0.413. The van der Waals surface area contributed by atoms with Gasteiger partial charge in [-0.2, -0.15) is 0 Å². The van der Waals surface area contributed by atoms with Crippen LogP contribution in [0, 0.1) is 5.82 Å². The molecule has 23 heavy (non-hydrogen) atoms. The molecule has 116 valence electrons. The van der Waals surface area contributed by atoms with E-state index in [4.69, 9.17) is 4.74 Å². The second kappa shape index (κ2) is 6.61. The SMILES string of the molecule is CCCc1ccc(C(=O)Oc2ccc3c(F)cccc3c2)cc1. The lowest BCUT2D eigenvalue weighted by molar-refractivity contribution is 0.0735. The van der Waals surface area contributed by atoms with E-state index in [1.807, 2.05) is 12.1 Å². The number of hydrogen-bond acceptors (Lipinski definition) is 2. The van der Waals surface area contributed by atoms with Crippen LogP contribution in [0.2, 0.25) is 0 Å².